The molecule has 0 spiro atoms. The fourth-order valence-electron chi connectivity index (χ4n) is 0.990. The van der Waals surface area contributed by atoms with Gasteiger partial charge in [-0.1, -0.05) is 0 Å². The third-order valence-corrected chi connectivity index (χ3v) is 2.49. The number of halogens is 3. The third-order valence-electron chi connectivity index (χ3n) is 1.69. The second-order valence-corrected chi connectivity index (χ2v) is 3.46. The van der Waals surface area contributed by atoms with Crippen molar-refractivity contribution in [2.45, 2.75) is 19.9 Å². The van der Waals surface area contributed by atoms with Crippen molar-refractivity contribution in [2.24, 2.45) is 5.73 Å². The van der Waals surface area contributed by atoms with Crippen LogP contribution in [-0.2, 0) is 6.54 Å². The summed E-state index contributed by atoms with van der Waals surface area (Å²) < 4.78 is 25.5. The molecule has 1 rings (SSSR count). The maximum atomic E-state index is 12.4. The van der Waals surface area contributed by atoms with E-state index >= 15 is 0 Å². The van der Waals surface area contributed by atoms with Crippen molar-refractivity contribution < 1.29 is 8.78 Å². The predicted octanol–water partition coefficient (Wildman–Crippen LogP) is 2.55. The summed E-state index contributed by atoms with van der Waals surface area (Å²) in [5.74, 6) is 0. The molecule has 72 valence electrons. The first-order valence-corrected chi connectivity index (χ1v) is 4.49. The molecule has 0 bridgehead atoms. The maximum absolute atomic E-state index is 12.4. The zero-order valence-electron chi connectivity index (χ0n) is 7.02. The third kappa shape index (κ3) is 2.22. The first kappa shape index (κ1) is 10.5. The molecule has 2 nitrogen and oxygen atoms in total. The number of aromatic nitrogens is 1. The number of nitrogens with two attached hydrogens (primary N) is 1. The smallest absolute Gasteiger partial charge is 0.280 e. The van der Waals surface area contributed by atoms with Crippen LogP contribution in [0.3, 0.4) is 0 Å². The normalized spacial score (nSPS) is 10.9. The minimum atomic E-state index is -2.56. The van der Waals surface area contributed by atoms with E-state index in [1.54, 1.807) is 13.0 Å². The highest BCUT2D eigenvalue weighted by Gasteiger charge is 2.15. The molecule has 0 aromatic carbocycles. The van der Waals surface area contributed by atoms with Gasteiger partial charge in [0, 0.05) is 11.0 Å². The largest absolute Gasteiger partial charge is 0.326 e. The van der Waals surface area contributed by atoms with Crippen molar-refractivity contribution in [2.75, 3.05) is 0 Å². The summed E-state index contributed by atoms with van der Waals surface area (Å²) in [4.78, 5) is 3.77. The Hall–Kier alpha value is -0.550. The summed E-state index contributed by atoms with van der Waals surface area (Å²) in [6, 6.07) is 1.59. The van der Waals surface area contributed by atoms with Crippen LogP contribution in [0.15, 0.2) is 10.5 Å². The molecular weight excluding hydrogens is 242 g/mol. The van der Waals surface area contributed by atoms with Crippen LogP contribution in [0.5, 0.6) is 0 Å². The van der Waals surface area contributed by atoms with Gasteiger partial charge in [-0.25, -0.2) is 8.78 Å². The van der Waals surface area contributed by atoms with Crippen LogP contribution < -0.4 is 5.73 Å². The van der Waals surface area contributed by atoms with E-state index < -0.39 is 6.43 Å². The summed E-state index contributed by atoms with van der Waals surface area (Å²) in [6.45, 7) is 1.74. The molecule has 2 N–H and O–H groups in total. The highest BCUT2D eigenvalue weighted by atomic mass is 79.9. The zero-order chi connectivity index (χ0) is 10.0. The number of alkyl halides is 2. The Morgan fingerprint density at radius 2 is 2.23 bits per heavy atom. The molecule has 0 atom stereocenters. The van der Waals surface area contributed by atoms with Crippen molar-refractivity contribution in [1.29, 1.82) is 0 Å². The quantitative estimate of drug-likeness (QED) is 0.877. The predicted molar refractivity (Wildman–Crippen MR) is 49.5 cm³/mol. The van der Waals surface area contributed by atoms with Crippen LogP contribution in [0, 0.1) is 6.92 Å². The number of nitrogens with zero attached hydrogens (tertiary/aromatic N) is 1. The minimum Gasteiger partial charge on any atom is -0.326 e. The molecule has 0 fully saturated rings. The summed E-state index contributed by atoms with van der Waals surface area (Å²) in [5, 5.41) is 0. The molecule has 0 radical (unpaired) electrons. The lowest BCUT2D eigenvalue weighted by Gasteiger charge is -2.08. The van der Waals surface area contributed by atoms with Crippen LogP contribution in [0.2, 0.25) is 0 Å². The summed E-state index contributed by atoms with van der Waals surface area (Å²) in [6.07, 6.45) is -2.56. The van der Waals surface area contributed by atoms with Crippen molar-refractivity contribution in [3.05, 3.63) is 27.5 Å². The van der Waals surface area contributed by atoms with E-state index in [4.69, 9.17) is 5.73 Å². The second kappa shape index (κ2) is 4.11. The first-order valence-electron chi connectivity index (χ1n) is 3.70. The van der Waals surface area contributed by atoms with Gasteiger partial charge in [-0.05, 0) is 34.5 Å². The fraction of sp³-hybridized carbons (Fsp3) is 0.375. The van der Waals surface area contributed by atoms with Gasteiger partial charge in [0.15, 0.2) is 0 Å². The number of pyridine rings is 1. The molecule has 0 saturated heterocycles. The molecule has 1 aromatic rings. The van der Waals surface area contributed by atoms with Crippen molar-refractivity contribution >= 4 is 15.9 Å². The fourth-order valence-corrected chi connectivity index (χ4v) is 1.35. The van der Waals surface area contributed by atoms with Crippen molar-refractivity contribution in [1.82, 2.24) is 4.98 Å². The topological polar surface area (TPSA) is 38.9 Å². The lowest BCUT2D eigenvalue weighted by Crippen LogP contribution is -2.05. The molecule has 13 heavy (non-hydrogen) atoms. The average molecular weight is 251 g/mol. The van der Waals surface area contributed by atoms with E-state index in [1.807, 2.05) is 0 Å². The van der Waals surface area contributed by atoms with Gasteiger partial charge in [0.05, 0.1) is 5.69 Å². The van der Waals surface area contributed by atoms with Crippen LogP contribution in [-0.4, -0.2) is 4.98 Å². The summed E-state index contributed by atoms with van der Waals surface area (Å²) in [7, 11) is 0. The van der Waals surface area contributed by atoms with E-state index in [0.29, 0.717) is 15.7 Å². The standard InChI is InChI=1S/C8H9BrF2N2/c1-4-6(9)2-5(3-12)7(13-4)8(10)11/h2,8H,3,12H2,1H3. The van der Waals surface area contributed by atoms with Crippen LogP contribution >= 0.6 is 15.9 Å². The first-order chi connectivity index (χ1) is 6.06. The number of hydrogen-bond donors (Lipinski definition) is 1. The molecule has 0 saturated carbocycles. The maximum Gasteiger partial charge on any atom is 0.280 e. The van der Waals surface area contributed by atoms with Gasteiger partial charge in [-0.2, -0.15) is 0 Å². The van der Waals surface area contributed by atoms with Gasteiger partial charge in [-0.3, -0.25) is 4.98 Å². The molecule has 1 aromatic heterocycles. The average Bonchev–Trinajstić information content (AvgIpc) is 2.08. The Bertz CT molecular complexity index is 315. The molecule has 0 aliphatic heterocycles. The number of aryl methyl sites for hydroxylation is 1. The summed E-state index contributed by atoms with van der Waals surface area (Å²) >= 11 is 3.21. The molecular formula is C8H9BrF2N2. The van der Waals surface area contributed by atoms with Crippen LogP contribution in [0.4, 0.5) is 8.78 Å². The minimum absolute atomic E-state index is 0.0750. The Balaban J connectivity index is 3.25. The Kier molecular flexibility index (Phi) is 3.33. The molecule has 0 aliphatic carbocycles. The Morgan fingerprint density at radius 1 is 1.62 bits per heavy atom. The highest BCUT2D eigenvalue weighted by Crippen LogP contribution is 2.25. The van der Waals surface area contributed by atoms with Crippen LogP contribution in [0.25, 0.3) is 0 Å². The molecule has 5 heteroatoms. The Morgan fingerprint density at radius 3 is 2.69 bits per heavy atom. The van der Waals surface area contributed by atoms with Gasteiger partial charge in [0.2, 0.25) is 0 Å². The van der Waals surface area contributed by atoms with Gasteiger partial charge < -0.3 is 5.73 Å². The highest BCUT2D eigenvalue weighted by molar-refractivity contribution is 9.10. The lowest BCUT2D eigenvalue weighted by molar-refractivity contribution is 0.144. The second-order valence-electron chi connectivity index (χ2n) is 2.60. The summed E-state index contributed by atoms with van der Waals surface area (Å²) in [5.41, 5.74) is 6.02. The lowest BCUT2D eigenvalue weighted by atomic mass is 10.2. The van der Waals surface area contributed by atoms with Gasteiger partial charge in [0.25, 0.3) is 6.43 Å². The van der Waals surface area contributed by atoms with Gasteiger partial charge >= 0.3 is 0 Å². The van der Waals surface area contributed by atoms with Crippen LogP contribution in [0.1, 0.15) is 23.4 Å². The van der Waals surface area contributed by atoms with E-state index in [-0.39, 0.29) is 12.2 Å². The zero-order valence-corrected chi connectivity index (χ0v) is 8.61. The SMILES string of the molecule is Cc1nc(C(F)F)c(CN)cc1Br. The van der Waals surface area contributed by atoms with E-state index in [0.717, 1.165) is 0 Å². The molecule has 0 aliphatic rings. The van der Waals surface area contributed by atoms with Gasteiger partial charge in [-0.15, -0.1) is 0 Å². The van der Waals surface area contributed by atoms with E-state index in [2.05, 4.69) is 20.9 Å². The van der Waals surface area contributed by atoms with E-state index in [1.165, 1.54) is 0 Å². The Labute approximate surface area is 83.3 Å². The number of rotatable bonds is 2. The monoisotopic (exact) mass is 250 g/mol. The van der Waals surface area contributed by atoms with Gasteiger partial charge in [0.1, 0.15) is 5.69 Å². The van der Waals surface area contributed by atoms with E-state index in [9.17, 15) is 8.78 Å². The number of hydrogen-bond acceptors (Lipinski definition) is 2. The molecule has 1 heterocycles. The molecule has 0 unspecified atom stereocenters. The molecule has 0 amide bonds. The van der Waals surface area contributed by atoms with Crippen molar-refractivity contribution in [3.63, 3.8) is 0 Å². The van der Waals surface area contributed by atoms with Crippen molar-refractivity contribution in [3.8, 4) is 0 Å².